The summed E-state index contributed by atoms with van der Waals surface area (Å²) in [6.45, 7) is 0. The predicted octanol–water partition coefficient (Wildman–Crippen LogP) is 2.37. The van der Waals surface area contributed by atoms with Crippen molar-refractivity contribution in [1.82, 2.24) is 10.4 Å². The summed E-state index contributed by atoms with van der Waals surface area (Å²) in [6.07, 6.45) is 2.60. The Bertz CT molecular complexity index is 614. The number of carbonyl (C=O) groups excluding carboxylic acids is 2. The van der Waals surface area contributed by atoms with E-state index in [9.17, 15) is 9.59 Å². The lowest BCUT2D eigenvalue weighted by Crippen LogP contribution is -2.30. The molecule has 2 rings (SSSR count). The van der Waals surface area contributed by atoms with Crippen LogP contribution in [0, 0.1) is 0 Å². The number of anilines is 1. The Hall–Kier alpha value is -2.34. The summed E-state index contributed by atoms with van der Waals surface area (Å²) >= 11 is 1.64. The van der Waals surface area contributed by atoms with Crippen LogP contribution in [0.3, 0.4) is 0 Å². The summed E-state index contributed by atoms with van der Waals surface area (Å²) in [5, 5.41) is 0. The second-order valence-corrected chi connectivity index (χ2v) is 4.75. The van der Waals surface area contributed by atoms with E-state index in [1.54, 1.807) is 30.0 Å². The van der Waals surface area contributed by atoms with Crippen LogP contribution in [0.5, 0.6) is 0 Å². The van der Waals surface area contributed by atoms with Crippen LogP contribution in [-0.2, 0) is 0 Å². The number of amides is 1. The molecule has 0 saturated heterocycles. The fourth-order valence-electron chi connectivity index (χ4n) is 1.51. The molecule has 0 saturated carbocycles. The summed E-state index contributed by atoms with van der Waals surface area (Å²) in [5.41, 5.74) is 6.50. The first-order valence-electron chi connectivity index (χ1n) is 5.85. The third-order valence-corrected chi connectivity index (χ3v) is 3.28. The van der Waals surface area contributed by atoms with Gasteiger partial charge in [0.25, 0.3) is 5.91 Å². The third-order valence-electron chi connectivity index (χ3n) is 2.53. The molecular weight excluding hydrogens is 274 g/mol. The molecular formula is C14H13N3O2S. The molecule has 1 aromatic carbocycles. The number of carbonyl (C=O) groups is 2. The van der Waals surface area contributed by atoms with Crippen molar-refractivity contribution in [1.29, 1.82) is 0 Å². The maximum atomic E-state index is 11.9. The molecule has 102 valence electrons. The van der Waals surface area contributed by atoms with E-state index in [0.717, 1.165) is 10.6 Å². The summed E-state index contributed by atoms with van der Waals surface area (Å²) < 4.78 is 0. The van der Waals surface area contributed by atoms with Crippen LogP contribution in [0.1, 0.15) is 21.0 Å². The highest BCUT2D eigenvalue weighted by Crippen LogP contribution is 2.16. The lowest BCUT2D eigenvalue weighted by atomic mass is 10.3. The van der Waals surface area contributed by atoms with E-state index in [0.29, 0.717) is 6.29 Å². The van der Waals surface area contributed by atoms with Crippen molar-refractivity contribution in [2.45, 2.75) is 4.90 Å². The Labute approximate surface area is 120 Å². The molecule has 0 aliphatic rings. The van der Waals surface area contributed by atoms with Crippen molar-refractivity contribution in [2.24, 2.45) is 0 Å². The van der Waals surface area contributed by atoms with Crippen molar-refractivity contribution in [3.63, 3.8) is 0 Å². The highest BCUT2D eigenvalue weighted by Gasteiger charge is 2.07. The number of aldehydes is 1. The summed E-state index contributed by atoms with van der Waals surface area (Å²) in [5.74, 6) is -0.400. The molecule has 0 aliphatic carbocycles. The zero-order valence-electron chi connectivity index (χ0n) is 10.8. The molecule has 2 aromatic rings. The standard InChI is InChI=1S/C14H13N3O2S/c1-20-12-7-5-10(6-8-12)16-17-14(19)13-4-2-3-11(9-18)15-13/h2-9,16H,1H3,(H,17,19). The van der Waals surface area contributed by atoms with Crippen molar-refractivity contribution in [2.75, 3.05) is 11.7 Å². The van der Waals surface area contributed by atoms with Gasteiger partial charge in [-0.1, -0.05) is 6.07 Å². The van der Waals surface area contributed by atoms with Crippen LogP contribution in [0.25, 0.3) is 0 Å². The van der Waals surface area contributed by atoms with E-state index in [-0.39, 0.29) is 11.4 Å². The van der Waals surface area contributed by atoms with Gasteiger partial charge >= 0.3 is 0 Å². The lowest BCUT2D eigenvalue weighted by Gasteiger charge is -2.08. The van der Waals surface area contributed by atoms with E-state index in [2.05, 4.69) is 15.8 Å². The molecule has 0 atom stereocenters. The Morgan fingerprint density at radius 1 is 1.20 bits per heavy atom. The number of thioether (sulfide) groups is 1. The van der Waals surface area contributed by atoms with Gasteiger partial charge in [-0.25, -0.2) is 4.98 Å². The summed E-state index contributed by atoms with van der Waals surface area (Å²) in [4.78, 5) is 27.5. The van der Waals surface area contributed by atoms with Gasteiger partial charge in [0, 0.05) is 4.90 Å². The number of nitrogens with one attached hydrogen (secondary N) is 2. The molecule has 1 amide bonds. The topological polar surface area (TPSA) is 71.1 Å². The van der Waals surface area contributed by atoms with E-state index in [1.807, 2.05) is 30.5 Å². The SMILES string of the molecule is CSc1ccc(NNC(=O)c2cccc(C=O)n2)cc1. The molecule has 0 aliphatic heterocycles. The minimum atomic E-state index is -0.400. The van der Waals surface area contributed by atoms with Gasteiger partial charge in [0.1, 0.15) is 11.4 Å². The molecule has 5 nitrogen and oxygen atoms in total. The maximum Gasteiger partial charge on any atom is 0.288 e. The van der Waals surface area contributed by atoms with Gasteiger partial charge in [-0.15, -0.1) is 11.8 Å². The minimum absolute atomic E-state index is 0.183. The minimum Gasteiger partial charge on any atom is -0.298 e. The molecule has 0 bridgehead atoms. The third kappa shape index (κ3) is 3.58. The van der Waals surface area contributed by atoms with Gasteiger partial charge in [0.05, 0.1) is 5.69 Å². The largest absolute Gasteiger partial charge is 0.298 e. The van der Waals surface area contributed by atoms with E-state index >= 15 is 0 Å². The highest BCUT2D eigenvalue weighted by atomic mass is 32.2. The van der Waals surface area contributed by atoms with Crippen LogP contribution in [0.15, 0.2) is 47.4 Å². The number of rotatable bonds is 5. The average molecular weight is 287 g/mol. The zero-order valence-corrected chi connectivity index (χ0v) is 11.6. The van der Waals surface area contributed by atoms with E-state index in [1.165, 1.54) is 0 Å². The van der Waals surface area contributed by atoms with Crippen molar-refractivity contribution < 1.29 is 9.59 Å². The van der Waals surface area contributed by atoms with Crippen LogP contribution in [-0.4, -0.2) is 23.4 Å². The molecule has 20 heavy (non-hydrogen) atoms. The van der Waals surface area contributed by atoms with Crippen LogP contribution in [0.4, 0.5) is 5.69 Å². The van der Waals surface area contributed by atoms with Gasteiger partial charge in [-0.2, -0.15) is 0 Å². The van der Waals surface area contributed by atoms with Crippen molar-refractivity contribution in [3.8, 4) is 0 Å². The molecule has 1 heterocycles. The number of benzene rings is 1. The summed E-state index contributed by atoms with van der Waals surface area (Å²) in [6, 6.07) is 12.3. The Morgan fingerprint density at radius 2 is 1.95 bits per heavy atom. The number of pyridine rings is 1. The maximum absolute atomic E-state index is 11.9. The van der Waals surface area contributed by atoms with Gasteiger partial charge in [0.15, 0.2) is 6.29 Å². The van der Waals surface area contributed by atoms with Gasteiger partial charge < -0.3 is 0 Å². The first-order valence-corrected chi connectivity index (χ1v) is 7.08. The number of nitrogens with zero attached hydrogens (tertiary/aromatic N) is 1. The van der Waals surface area contributed by atoms with E-state index < -0.39 is 5.91 Å². The molecule has 2 N–H and O–H groups in total. The lowest BCUT2D eigenvalue weighted by molar-refractivity contribution is 0.0957. The molecule has 0 spiro atoms. The van der Waals surface area contributed by atoms with Gasteiger partial charge in [-0.3, -0.25) is 20.4 Å². The Morgan fingerprint density at radius 3 is 2.60 bits per heavy atom. The van der Waals surface area contributed by atoms with Crippen LogP contribution >= 0.6 is 11.8 Å². The Kier molecular flexibility index (Phi) is 4.73. The fraction of sp³-hybridized carbons (Fsp3) is 0.0714. The van der Waals surface area contributed by atoms with Crippen molar-refractivity contribution >= 4 is 29.6 Å². The average Bonchev–Trinajstić information content (AvgIpc) is 2.53. The van der Waals surface area contributed by atoms with Crippen molar-refractivity contribution in [3.05, 3.63) is 53.9 Å². The van der Waals surface area contributed by atoms with Crippen LogP contribution in [0.2, 0.25) is 0 Å². The first-order chi connectivity index (χ1) is 9.72. The second kappa shape index (κ2) is 6.72. The molecule has 6 heteroatoms. The molecule has 1 aromatic heterocycles. The van der Waals surface area contributed by atoms with Crippen LogP contribution < -0.4 is 10.9 Å². The number of hydrogen-bond donors (Lipinski definition) is 2. The number of hydrazine groups is 1. The normalized spacial score (nSPS) is 9.85. The number of hydrogen-bond acceptors (Lipinski definition) is 5. The molecule has 0 radical (unpaired) electrons. The van der Waals surface area contributed by atoms with Gasteiger partial charge in [0.2, 0.25) is 0 Å². The van der Waals surface area contributed by atoms with Gasteiger partial charge in [-0.05, 0) is 42.7 Å². The second-order valence-electron chi connectivity index (χ2n) is 3.87. The highest BCUT2D eigenvalue weighted by molar-refractivity contribution is 7.98. The Balaban J connectivity index is 1.98. The summed E-state index contributed by atoms with van der Waals surface area (Å²) in [7, 11) is 0. The monoisotopic (exact) mass is 287 g/mol. The zero-order chi connectivity index (χ0) is 14.4. The smallest absolute Gasteiger partial charge is 0.288 e. The molecule has 0 unspecified atom stereocenters. The number of aromatic nitrogens is 1. The molecule has 0 fully saturated rings. The van der Waals surface area contributed by atoms with E-state index in [4.69, 9.17) is 0 Å². The predicted molar refractivity (Wildman–Crippen MR) is 78.9 cm³/mol. The first kappa shape index (κ1) is 14.1. The quantitative estimate of drug-likeness (QED) is 0.502. The fourth-order valence-corrected chi connectivity index (χ4v) is 1.92.